The Morgan fingerprint density at radius 3 is 2.90 bits per heavy atom. The number of hydrogen-bond donors (Lipinski definition) is 2. The summed E-state index contributed by atoms with van der Waals surface area (Å²) in [6.45, 7) is 7.72. The molecule has 0 aliphatic carbocycles. The Labute approximate surface area is 125 Å². The van der Waals surface area contributed by atoms with Crippen LogP contribution in [0.15, 0.2) is 23.8 Å². The second-order valence-corrected chi connectivity index (χ2v) is 6.33. The zero-order valence-corrected chi connectivity index (χ0v) is 13.0. The SMILES string of the molecule is CC(C)C(C)(O)CNCC1=Cc2cc(Cl)ccc2OC1. The number of halogens is 1. The molecule has 0 saturated carbocycles. The normalized spacial score (nSPS) is 17.2. The van der Waals surface area contributed by atoms with Gasteiger partial charge in [-0.2, -0.15) is 0 Å². The lowest BCUT2D eigenvalue weighted by atomic mass is 9.92. The summed E-state index contributed by atoms with van der Waals surface area (Å²) < 4.78 is 5.69. The first-order valence-corrected chi connectivity index (χ1v) is 7.31. The van der Waals surface area contributed by atoms with Gasteiger partial charge in [-0.05, 0) is 42.7 Å². The number of fused-ring (bicyclic) bond motifs is 1. The van der Waals surface area contributed by atoms with Crippen LogP contribution in [-0.2, 0) is 0 Å². The molecule has 20 heavy (non-hydrogen) atoms. The monoisotopic (exact) mass is 295 g/mol. The lowest BCUT2D eigenvalue weighted by molar-refractivity contribution is 0.0149. The van der Waals surface area contributed by atoms with Crippen molar-refractivity contribution in [1.29, 1.82) is 0 Å². The van der Waals surface area contributed by atoms with Crippen molar-refractivity contribution in [2.24, 2.45) is 5.92 Å². The predicted octanol–water partition coefficient (Wildman–Crippen LogP) is 3.11. The summed E-state index contributed by atoms with van der Waals surface area (Å²) >= 11 is 5.99. The van der Waals surface area contributed by atoms with Gasteiger partial charge in [0.1, 0.15) is 12.4 Å². The number of aliphatic hydroxyl groups is 1. The molecule has 1 aromatic carbocycles. The third-order valence-electron chi connectivity index (χ3n) is 3.82. The molecule has 0 bridgehead atoms. The Kier molecular flexibility index (Phi) is 4.74. The molecule has 2 rings (SSSR count). The zero-order chi connectivity index (χ0) is 14.8. The topological polar surface area (TPSA) is 41.5 Å². The van der Waals surface area contributed by atoms with Crippen molar-refractivity contribution >= 4 is 17.7 Å². The maximum Gasteiger partial charge on any atom is 0.127 e. The van der Waals surface area contributed by atoms with Crippen molar-refractivity contribution < 1.29 is 9.84 Å². The van der Waals surface area contributed by atoms with E-state index in [1.807, 2.05) is 39.0 Å². The Hall–Kier alpha value is -1.03. The molecule has 1 aliphatic heterocycles. The van der Waals surface area contributed by atoms with Crippen molar-refractivity contribution in [3.8, 4) is 5.75 Å². The van der Waals surface area contributed by atoms with Crippen LogP contribution in [0.4, 0.5) is 0 Å². The van der Waals surface area contributed by atoms with Gasteiger partial charge in [0.15, 0.2) is 0 Å². The molecule has 110 valence electrons. The van der Waals surface area contributed by atoms with E-state index in [2.05, 4.69) is 11.4 Å². The zero-order valence-electron chi connectivity index (χ0n) is 12.2. The van der Waals surface area contributed by atoms with Gasteiger partial charge in [0.25, 0.3) is 0 Å². The van der Waals surface area contributed by atoms with Crippen LogP contribution in [0.3, 0.4) is 0 Å². The average Bonchev–Trinajstić information content (AvgIpc) is 2.37. The van der Waals surface area contributed by atoms with Crippen LogP contribution in [-0.4, -0.2) is 30.4 Å². The second kappa shape index (κ2) is 6.17. The molecule has 2 N–H and O–H groups in total. The number of rotatable bonds is 5. The molecule has 0 saturated heterocycles. The molecule has 0 fully saturated rings. The van der Waals surface area contributed by atoms with Gasteiger partial charge in [-0.25, -0.2) is 0 Å². The second-order valence-electron chi connectivity index (χ2n) is 5.89. The molecule has 0 spiro atoms. The smallest absolute Gasteiger partial charge is 0.127 e. The van der Waals surface area contributed by atoms with E-state index in [0.29, 0.717) is 24.7 Å². The van der Waals surface area contributed by atoms with E-state index in [1.165, 1.54) is 0 Å². The fourth-order valence-corrected chi connectivity index (χ4v) is 2.16. The minimum atomic E-state index is -0.697. The lowest BCUT2D eigenvalue weighted by Crippen LogP contribution is -2.43. The Morgan fingerprint density at radius 1 is 1.45 bits per heavy atom. The highest BCUT2D eigenvalue weighted by molar-refractivity contribution is 6.30. The summed E-state index contributed by atoms with van der Waals surface area (Å²) in [5, 5.41) is 14.2. The summed E-state index contributed by atoms with van der Waals surface area (Å²) in [4.78, 5) is 0. The molecule has 4 heteroatoms. The molecular formula is C16H22ClNO2. The molecule has 3 nitrogen and oxygen atoms in total. The highest BCUT2D eigenvalue weighted by atomic mass is 35.5. The van der Waals surface area contributed by atoms with Crippen molar-refractivity contribution in [2.45, 2.75) is 26.4 Å². The number of ether oxygens (including phenoxy) is 1. The third-order valence-corrected chi connectivity index (χ3v) is 4.06. The first-order chi connectivity index (χ1) is 9.38. The van der Waals surface area contributed by atoms with Gasteiger partial charge < -0.3 is 15.2 Å². The lowest BCUT2D eigenvalue weighted by Gasteiger charge is -2.28. The van der Waals surface area contributed by atoms with Crippen molar-refractivity contribution in [2.75, 3.05) is 19.7 Å². The Morgan fingerprint density at radius 2 is 2.20 bits per heavy atom. The van der Waals surface area contributed by atoms with Crippen molar-refractivity contribution in [3.63, 3.8) is 0 Å². The largest absolute Gasteiger partial charge is 0.489 e. The van der Waals surface area contributed by atoms with Crippen molar-refractivity contribution in [3.05, 3.63) is 34.4 Å². The molecule has 0 aromatic heterocycles. The van der Waals surface area contributed by atoms with Crippen LogP contribution < -0.4 is 10.1 Å². The van der Waals surface area contributed by atoms with E-state index in [9.17, 15) is 5.11 Å². The minimum Gasteiger partial charge on any atom is -0.489 e. The molecule has 0 amide bonds. The van der Waals surface area contributed by atoms with E-state index in [4.69, 9.17) is 16.3 Å². The summed E-state index contributed by atoms with van der Waals surface area (Å²) in [6, 6.07) is 5.62. The summed E-state index contributed by atoms with van der Waals surface area (Å²) in [7, 11) is 0. The van der Waals surface area contributed by atoms with Crippen LogP contribution in [0.1, 0.15) is 26.3 Å². The maximum absolute atomic E-state index is 10.2. The molecule has 0 radical (unpaired) electrons. The molecule has 1 atom stereocenters. The summed E-state index contributed by atoms with van der Waals surface area (Å²) in [5.74, 6) is 1.08. The molecule has 1 aromatic rings. The van der Waals surface area contributed by atoms with Gasteiger partial charge in [-0.15, -0.1) is 0 Å². The van der Waals surface area contributed by atoms with Gasteiger partial charge in [0.05, 0.1) is 5.60 Å². The third kappa shape index (κ3) is 3.75. The van der Waals surface area contributed by atoms with E-state index in [0.717, 1.165) is 16.9 Å². The van der Waals surface area contributed by atoms with Gasteiger partial charge >= 0.3 is 0 Å². The van der Waals surface area contributed by atoms with Crippen LogP contribution >= 0.6 is 11.6 Å². The molecular weight excluding hydrogens is 274 g/mol. The summed E-state index contributed by atoms with van der Waals surface area (Å²) in [5.41, 5.74) is 1.47. The predicted molar refractivity (Wildman–Crippen MR) is 83.3 cm³/mol. The molecule has 1 heterocycles. The van der Waals surface area contributed by atoms with E-state index in [1.54, 1.807) is 0 Å². The quantitative estimate of drug-likeness (QED) is 0.877. The minimum absolute atomic E-state index is 0.214. The number of benzene rings is 1. The van der Waals surface area contributed by atoms with Crippen LogP contribution in [0.25, 0.3) is 6.08 Å². The average molecular weight is 296 g/mol. The van der Waals surface area contributed by atoms with Crippen LogP contribution in [0.5, 0.6) is 5.75 Å². The molecule has 1 aliphatic rings. The highest BCUT2D eigenvalue weighted by Gasteiger charge is 2.24. The molecule has 1 unspecified atom stereocenters. The first-order valence-electron chi connectivity index (χ1n) is 6.93. The fraction of sp³-hybridized carbons (Fsp3) is 0.500. The van der Waals surface area contributed by atoms with E-state index in [-0.39, 0.29) is 5.92 Å². The van der Waals surface area contributed by atoms with Gasteiger partial charge in [0.2, 0.25) is 0 Å². The Balaban J connectivity index is 1.95. The van der Waals surface area contributed by atoms with Crippen LogP contribution in [0.2, 0.25) is 5.02 Å². The van der Waals surface area contributed by atoms with Gasteiger partial charge in [0, 0.05) is 23.7 Å². The number of nitrogens with one attached hydrogen (secondary N) is 1. The van der Waals surface area contributed by atoms with Crippen LogP contribution in [0, 0.1) is 5.92 Å². The van der Waals surface area contributed by atoms with Gasteiger partial charge in [-0.3, -0.25) is 0 Å². The fourth-order valence-electron chi connectivity index (χ4n) is 1.98. The number of hydrogen-bond acceptors (Lipinski definition) is 3. The Bertz CT molecular complexity index is 509. The summed E-state index contributed by atoms with van der Waals surface area (Å²) in [6.07, 6.45) is 2.10. The van der Waals surface area contributed by atoms with E-state index < -0.39 is 5.60 Å². The van der Waals surface area contributed by atoms with E-state index >= 15 is 0 Å². The van der Waals surface area contributed by atoms with Gasteiger partial charge in [-0.1, -0.05) is 25.4 Å². The highest BCUT2D eigenvalue weighted by Crippen LogP contribution is 2.28. The standard InChI is InChI=1S/C16H22ClNO2/c1-11(2)16(3,19)10-18-8-12-6-13-7-14(17)4-5-15(13)20-9-12/h4-7,11,18-19H,8-10H2,1-3H3. The maximum atomic E-state index is 10.2. The first kappa shape index (κ1) is 15.4. The van der Waals surface area contributed by atoms with Crippen molar-refractivity contribution in [1.82, 2.24) is 5.32 Å².